The Bertz CT molecular complexity index is 1300. The summed E-state index contributed by atoms with van der Waals surface area (Å²) in [4.78, 5) is 15.4. The molecule has 0 saturated carbocycles. The average molecular weight is 542 g/mol. The fourth-order valence-electron chi connectivity index (χ4n) is 4.62. The summed E-state index contributed by atoms with van der Waals surface area (Å²) in [7, 11) is 1.60. The highest BCUT2D eigenvalue weighted by molar-refractivity contribution is 6.31. The average Bonchev–Trinajstić information content (AvgIpc) is 3.41. The van der Waals surface area contributed by atoms with E-state index in [1.165, 1.54) is 0 Å². The van der Waals surface area contributed by atoms with Crippen molar-refractivity contribution < 1.29 is 24.1 Å². The maximum absolute atomic E-state index is 13.6. The molecular formula is C29H36ClN3O5. The van der Waals surface area contributed by atoms with Crippen LogP contribution in [0.4, 0.5) is 0 Å². The molecular weight excluding hydrogens is 506 g/mol. The molecule has 1 amide bonds. The molecule has 2 aromatic carbocycles. The number of phenolic OH excluding ortho intramolecular Hbond substituents is 1. The van der Waals surface area contributed by atoms with E-state index in [0.717, 1.165) is 11.1 Å². The molecule has 0 spiro atoms. The number of aromatic amines is 1. The van der Waals surface area contributed by atoms with Crippen LogP contribution in [-0.2, 0) is 4.74 Å². The summed E-state index contributed by atoms with van der Waals surface area (Å²) in [6, 6.07) is 8.56. The lowest BCUT2D eigenvalue weighted by Gasteiger charge is -2.27. The number of ether oxygens (including phenoxy) is 3. The number of H-pyrrole nitrogens is 1. The number of halogens is 1. The van der Waals surface area contributed by atoms with Crippen LogP contribution in [-0.4, -0.2) is 59.1 Å². The minimum Gasteiger partial charge on any atom is -0.507 e. The van der Waals surface area contributed by atoms with Gasteiger partial charge in [0.15, 0.2) is 11.5 Å². The van der Waals surface area contributed by atoms with Gasteiger partial charge in [-0.2, -0.15) is 5.10 Å². The quantitative estimate of drug-likeness (QED) is 0.283. The molecule has 8 nitrogen and oxygen atoms in total. The number of amides is 1. The van der Waals surface area contributed by atoms with Crippen molar-refractivity contribution in [2.24, 2.45) is 5.92 Å². The number of carbonyl (C=O) groups is 1. The van der Waals surface area contributed by atoms with Crippen molar-refractivity contribution in [1.29, 1.82) is 0 Å². The van der Waals surface area contributed by atoms with E-state index < -0.39 is 6.04 Å². The molecule has 1 aromatic heterocycles. The summed E-state index contributed by atoms with van der Waals surface area (Å²) in [5, 5.41) is 18.7. The van der Waals surface area contributed by atoms with E-state index in [4.69, 9.17) is 25.8 Å². The molecule has 0 aliphatic carbocycles. The molecule has 0 bridgehead atoms. The Kier molecular flexibility index (Phi) is 8.53. The lowest BCUT2D eigenvalue weighted by Crippen LogP contribution is -2.31. The lowest BCUT2D eigenvalue weighted by molar-refractivity contribution is 0.0601. The van der Waals surface area contributed by atoms with Crippen LogP contribution in [0, 0.1) is 12.8 Å². The van der Waals surface area contributed by atoms with Gasteiger partial charge in [0.25, 0.3) is 5.91 Å². The molecule has 1 aliphatic heterocycles. The standard InChI is InChI=1S/C29H36ClN3O5/c1-16(2)15-38-23-9-8-19(13-24(23)36-6)28-25-26(20-14-21(30)18(5)12-22(20)34)31-32-27(25)29(35)33(28)10-7-11-37-17(3)4/h8-9,12-14,16-17,28,34H,7,10-11,15H2,1-6H3,(H,31,32). The third-order valence-electron chi connectivity index (χ3n) is 6.47. The van der Waals surface area contributed by atoms with Crippen LogP contribution in [0.15, 0.2) is 30.3 Å². The Morgan fingerprint density at radius 2 is 1.92 bits per heavy atom. The molecule has 1 aliphatic rings. The summed E-state index contributed by atoms with van der Waals surface area (Å²) >= 11 is 6.41. The predicted molar refractivity (Wildman–Crippen MR) is 147 cm³/mol. The lowest BCUT2D eigenvalue weighted by atomic mass is 9.95. The normalized spacial score (nSPS) is 15.0. The van der Waals surface area contributed by atoms with Gasteiger partial charge in [0.1, 0.15) is 17.1 Å². The van der Waals surface area contributed by atoms with E-state index in [0.29, 0.717) is 71.1 Å². The van der Waals surface area contributed by atoms with Gasteiger partial charge in [-0.15, -0.1) is 0 Å². The highest BCUT2D eigenvalue weighted by atomic mass is 35.5. The highest BCUT2D eigenvalue weighted by Gasteiger charge is 2.42. The topological polar surface area (TPSA) is 96.9 Å². The number of hydrogen-bond donors (Lipinski definition) is 2. The maximum Gasteiger partial charge on any atom is 0.273 e. The number of benzene rings is 2. The van der Waals surface area contributed by atoms with Crippen LogP contribution in [0.1, 0.15) is 67.3 Å². The van der Waals surface area contributed by atoms with Crippen LogP contribution >= 0.6 is 11.6 Å². The maximum atomic E-state index is 13.6. The van der Waals surface area contributed by atoms with E-state index in [1.54, 1.807) is 19.2 Å². The minimum absolute atomic E-state index is 0.0474. The number of hydrogen-bond acceptors (Lipinski definition) is 6. The second-order valence-corrected chi connectivity index (χ2v) is 10.7. The summed E-state index contributed by atoms with van der Waals surface area (Å²) in [5.41, 5.74) is 3.62. The Labute approximate surface area is 228 Å². The molecule has 9 heteroatoms. The summed E-state index contributed by atoms with van der Waals surface area (Å²) < 4.78 is 17.3. The zero-order valence-electron chi connectivity index (χ0n) is 22.8. The van der Waals surface area contributed by atoms with E-state index in [1.807, 2.05) is 43.9 Å². The Morgan fingerprint density at radius 3 is 2.61 bits per heavy atom. The molecule has 1 unspecified atom stereocenters. The molecule has 38 heavy (non-hydrogen) atoms. The van der Waals surface area contributed by atoms with Gasteiger partial charge in [-0.25, -0.2) is 0 Å². The van der Waals surface area contributed by atoms with Gasteiger partial charge in [-0.1, -0.05) is 31.5 Å². The van der Waals surface area contributed by atoms with Crippen molar-refractivity contribution in [3.63, 3.8) is 0 Å². The zero-order chi connectivity index (χ0) is 27.6. The molecule has 0 radical (unpaired) electrons. The third-order valence-corrected chi connectivity index (χ3v) is 6.87. The second kappa shape index (κ2) is 11.7. The van der Waals surface area contributed by atoms with Gasteiger partial charge in [0.05, 0.1) is 25.9 Å². The second-order valence-electron chi connectivity index (χ2n) is 10.3. The first kappa shape index (κ1) is 27.8. The first-order valence-electron chi connectivity index (χ1n) is 12.9. The van der Waals surface area contributed by atoms with E-state index in [-0.39, 0.29) is 17.8 Å². The van der Waals surface area contributed by atoms with Crippen LogP contribution < -0.4 is 9.47 Å². The minimum atomic E-state index is -0.460. The number of rotatable bonds is 11. The fourth-order valence-corrected chi connectivity index (χ4v) is 4.78. The van der Waals surface area contributed by atoms with Crippen molar-refractivity contribution in [3.05, 3.63) is 57.7 Å². The van der Waals surface area contributed by atoms with Crippen LogP contribution in [0.3, 0.4) is 0 Å². The number of methoxy groups -OCH3 is 1. The number of aromatic hydroxyl groups is 1. The van der Waals surface area contributed by atoms with Crippen molar-refractivity contribution >= 4 is 17.5 Å². The van der Waals surface area contributed by atoms with Crippen molar-refractivity contribution in [1.82, 2.24) is 15.1 Å². The Balaban J connectivity index is 1.79. The first-order chi connectivity index (χ1) is 18.1. The molecule has 1 atom stereocenters. The number of phenols is 1. The monoisotopic (exact) mass is 541 g/mol. The predicted octanol–water partition coefficient (Wildman–Crippen LogP) is 6.15. The van der Waals surface area contributed by atoms with Crippen LogP contribution in [0.5, 0.6) is 17.2 Å². The molecule has 4 rings (SSSR count). The zero-order valence-corrected chi connectivity index (χ0v) is 23.6. The largest absolute Gasteiger partial charge is 0.507 e. The van der Waals surface area contributed by atoms with E-state index >= 15 is 0 Å². The number of aryl methyl sites for hydroxylation is 1. The first-order valence-corrected chi connectivity index (χ1v) is 13.3. The van der Waals surface area contributed by atoms with Gasteiger partial charge < -0.3 is 24.2 Å². The Morgan fingerprint density at radius 1 is 1.16 bits per heavy atom. The summed E-state index contributed by atoms with van der Waals surface area (Å²) in [5.74, 6) is 1.47. The number of fused-ring (bicyclic) bond motifs is 1. The molecule has 0 fully saturated rings. The fraction of sp³-hybridized carbons (Fsp3) is 0.448. The number of nitrogens with one attached hydrogen (secondary N) is 1. The number of aromatic nitrogens is 2. The summed E-state index contributed by atoms with van der Waals surface area (Å²) in [6.07, 6.45) is 0.780. The van der Waals surface area contributed by atoms with Crippen molar-refractivity contribution in [3.8, 4) is 28.5 Å². The molecule has 0 saturated heterocycles. The smallest absolute Gasteiger partial charge is 0.273 e. The third kappa shape index (κ3) is 5.61. The van der Waals surface area contributed by atoms with Gasteiger partial charge in [0, 0.05) is 29.3 Å². The summed E-state index contributed by atoms with van der Waals surface area (Å²) in [6.45, 7) is 11.5. The van der Waals surface area contributed by atoms with Gasteiger partial charge in [0.2, 0.25) is 0 Å². The van der Waals surface area contributed by atoms with Crippen molar-refractivity contribution in [2.45, 2.75) is 53.2 Å². The van der Waals surface area contributed by atoms with Gasteiger partial charge in [-0.05, 0) is 68.5 Å². The molecule has 2 heterocycles. The van der Waals surface area contributed by atoms with E-state index in [9.17, 15) is 9.90 Å². The van der Waals surface area contributed by atoms with Crippen LogP contribution in [0.25, 0.3) is 11.3 Å². The van der Waals surface area contributed by atoms with Gasteiger partial charge >= 0.3 is 0 Å². The molecule has 2 N–H and O–H groups in total. The van der Waals surface area contributed by atoms with E-state index in [2.05, 4.69) is 24.0 Å². The number of carbonyl (C=O) groups excluding carboxylic acids is 1. The molecule has 204 valence electrons. The van der Waals surface area contributed by atoms with Gasteiger partial charge in [-0.3, -0.25) is 9.89 Å². The van der Waals surface area contributed by atoms with Crippen LogP contribution in [0.2, 0.25) is 5.02 Å². The highest BCUT2D eigenvalue weighted by Crippen LogP contribution is 2.46. The Hall–Kier alpha value is -3.23. The SMILES string of the molecule is COc1cc(C2c3c(-c4cc(Cl)c(C)cc4O)n[nH]c3C(=O)N2CCCOC(C)C)ccc1OCC(C)C. The molecule has 3 aromatic rings. The van der Waals surface area contributed by atoms with Crippen molar-refractivity contribution in [2.75, 3.05) is 26.9 Å². The number of nitrogens with zero attached hydrogens (tertiary/aromatic N) is 2.